The molecule has 1 heterocycles. The number of nitrogens with one attached hydrogen (secondary N) is 1. The SMILES string of the molecule is COc1cccc(N(C)c2ccc(CNC3CC3)nn2)c1. The summed E-state index contributed by atoms with van der Waals surface area (Å²) in [7, 11) is 3.64. The number of ether oxygens (including phenoxy) is 1. The van der Waals surface area contributed by atoms with E-state index < -0.39 is 0 Å². The van der Waals surface area contributed by atoms with Crippen LogP contribution in [0.2, 0.25) is 0 Å². The fraction of sp³-hybridized carbons (Fsp3) is 0.375. The molecule has 0 saturated heterocycles. The van der Waals surface area contributed by atoms with Gasteiger partial charge in [0.1, 0.15) is 5.75 Å². The lowest BCUT2D eigenvalue weighted by Crippen LogP contribution is -2.17. The Morgan fingerprint density at radius 1 is 1.24 bits per heavy atom. The molecule has 110 valence electrons. The highest BCUT2D eigenvalue weighted by Crippen LogP contribution is 2.25. The summed E-state index contributed by atoms with van der Waals surface area (Å²) >= 11 is 0. The van der Waals surface area contributed by atoms with E-state index in [-0.39, 0.29) is 0 Å². The average molecular weight is 284 g/mol. The van der Waals surface area contributed by atoms with E-state index in [4.69, 9.17) is 4.74 Å². The van der Waals surface area contributed by atoms with Crippen LogP contribution in [0.4, 0.5) is 11.5 Å². The molecule has 1 fully saturated rings. The Kier molecular flexibility index (Phi) is 4.01. The second-order valence-corrected chi connectivity index (χ2v) is 5.30. The summed E-state index contributed by atoms with van der Waals surface area (Å²) in [6.07, 6.45) is 2.56. The quantitative estimate of drug-likeness (QED) is 0.883. The van der Waals surface area contributed by atoms with Gasteiger partial charge in [0.15, 0.2) is 5.82 Å². The largest absolute Gasteiger partial charge is 0.497 e. The van der Waals surface area contributed by atoms with E-state index >= 15 is 0 Å². The van der Waals surface area contributed by atoms with Gasteiger partial charge >= 0.3 is 0 Å². The second kappa shape index (κ2) is 6.10. The summed E-state index contributed by atoms with van der Waals surface area (Å²) in [5, 5.41) is 12.0. The van der Waals surface area contributed by atoms with E-state index in [0.717, 1.165) is 29.5 Å². The van der Waals surface area contributed by atoms with Gasteiger partial charge in [-0.15, -0.1) is 5.10 Å². The molecule has 1 aromatic heterocycles. The predicted octanol–water partition coefficient (Wildman–Crippen LogP) is 2.51. The Hall–Kier alpha value is -2.14. The van der Waals surface area contributed by atoms with Crippen molar-refractivity contribution in [1.82, 2.24) is 15.5 Å². The van der Waals surface area contributed by atoms with Crippen molar-refractivity contribution in [2.45, 2.75) is 25.4 Å². The Labute approximate surface area is 125 Å². The topological polar surface area (TPSA) is 50.3 Å². The van der Waals surface area contributed by atoms with Crippen molar-refractivity contribution in [3.8, 4) is 5.75 Å². The van der Waals surface area contributed by atoms with Crippen LogP contribution in [0.3, 0.4) is 0 Å². The van der Waals surface area contributed by atoms with Gasteiger partial charge in [0.25, 0.3) is 0 Å². The number of anilines is 2. The monoisotopic (exact) mass is 284 g/mol. The summed E-state index contributed by atoms with van der Waals surface area (Å²) in [6, 6.07) is 12.6. The zero-order chi connectivity index (χ0) is 14.7. The van der Waals surface area contributed by atoms with Crippen molar-refractivity contribution in [2.24, 2.45) is 0 Å². The van der Waals surface area contributed by atoms with Crippen LogP contribution < -0.4 is 15.0 Å². The van der Waals surface area contributed by atoms with Crippen LogP contribution >= 0.6 is 0 Å². The molecule has 0 radical (unpaired) electrons. The van der Waals surface area contributed by atoms with Gasteiger partial charge in [-0.1, -0.05) is 6.07 Å². The highest BCUT2D eigenvalue weighted by atomic mass is 16.5. The highest BCUT2D eigenvalue weighted by Gasteiger charge is 2.20. The molecule has 0 unspecified atom stereocenters. The molecule has 1 N–H and O–H groups in total. The molecular formula is C16H20N4O. The molecule has 0 bridgehead atoms. The number of hydrogen-bond acceptors (Lipinski definition) is 5. The summed E-state index contributed by atoms with van der Waals surface area (Å²) in [5.74, 6) is 1.65. The first-order chi connectivity index (χ1) is 10.3. The first-order valence-corrected chi connectivity index (χ1v) is 7.20. The molecule has 2 aromatic rings. The lowest BCUT2D eigenvalue weighted by atomic mass is 10.2. The molecule has 0 amide bonds. The second-order valence-electron chi connectivity index (χ2n) is 5.30. The fourth-order valence-electron chi connectivity index (χ4n) is 2.11. The average Bonchev–Trinajstić information content (AvgIpc) is 3.37. The molecule has 3 rings (SSSR count). The van der Waals surface area contributed by atoms with Gasteiger partial charge in [-0.3, -0.25) is 0 Å². The first kappa shape index (κ1) is 13.8. The zero-order valence-corrected chi connectivity index (χ0v) is 12.4. The lowest BCUT2D eigenvalue weighted by Gasteiger charge is -2.18. The number of nitrogens with zero attached hydrogens (tertiary/aromatic N) is 3. The third-order valence-electron chi connectivity index (χ3n) is 3.64. The summed E-state index contributed by atoms with van der Waals surface area (Å²) < 4.78 is 5.25. The molecule has 0 atom stereocenters. The molecule has 5 nitrogen and oxygen atoms in total. The molecule has 5 heteroatoms. The molecule has 1 aliphatic rings. The van der Waals surface area contributed by atoms with Gasteiger partial charge < -0.3 is 15.0 Å². The number of hydrogen-bond donors (Lipinski definition) is 1. The molecule has 1 aliphatic carbocycles. The molecule has 21 heavy (non-hydrogen) atoms. The van der Waals surface area contributed by atoms with Crippen LogP contribution in [-0.2, 0) is 6.54 Å². The van der Waals surface area contributed by atoms with Crippen molar-refractivity contribution >= 4 is 11.5 Å². The van der Waals surface area contributed by atoms with Gasteiger partial charge in [0.2, 0.25) is 0 Å². The maximum atomic E-state index is 5.25. The van der Waals surface area contributed by atoms with Crippen molar-refractivity contribution in [3.05, 3.63) is 42.1 Å². The van der Waals surface area contributed by atoms with Crippen LogP contribution in [-0.4, -0.2) is 30.4 Å². The minimum absolute atomic E-state index is 0.686. The summed E-state index contributed by atoms with van der Waals surface area (Å²) in [6.45, 7) is 0.792. The van der Waals surface area contributed by atoms with Crippen LogP contribution in [0, 0.1) is 0 Å². The predicted molar refractivity (Wildman–Crippen MR) is 83.0 cm³/mol. The van der Waals surface area contributed by atoms with Gasteiger partial charge in [-0.05, 0) is 37.1 Å². The van der Waals surface area contributed by atoms with Crippen LogP contribution in [0.1, 0.15) is 18.5 Å². The van der Waals surface area contributed by atoms with E-state index in [2.05, 4.69) is 15.5 Å². The van der Waals surface area contributed by atoms with Gasteiger partial charge in [0.05, 0.1) is 12.8 Å². The Morgan fingerprint density at radius 3 is 2.76 bits per heavy atom. The highest BCUT2D eigenvalue weighted by molar-refractivity contribution is 5.60. The molecule has 1 aromatic carbocycles. The Bertz CT molecular complexity index is 595. The molecular weight excluding hydrogens is 264 g/mol. The third-order valence-corrected chi connectivity index (χ3v) is 3.64. The van der Waals surface area contributed by atoms with E-state index in [1.807, 2.05) is 48.3 Å². The van der Waals surface area contributed by atoms with Gasteiger partial charge in [-0.25, -0.2) is 0 Å². The minimum Gasteiger partial charge on any atom is -0.497 e. The number of rotatable bonds is 6. The Balaban J connectivity index is 1.69. The zero-order valence-electron chi connectivity index (χ0n) is 12.4. The summed E-state index contributed by atoms with van der Waals surface area (Å²) in [5.41, 5.74) is 2.00. The first-order valence-electron chi connectivity index (χ1n) is 7.20. The molecule has 0 aliphatic heterocycles. The Morgan fingerprint density at radius 2 is 2.10 bits per heavy atom. The van der Waals surface area contributed by atoms with Gasteiger partial charge in [0, 0.05) is 31.4 Å². The lowest BCUT2D eigenvalue weighted by molar-refractivity contribution is 0.415. The normalized spacial score (nSPS) is 14.0. The fourth-order valence-corrected chi connectivity index (χ4v) is 2.11. The number of methoxy groups -OCH3 is 1. The van der Waals surface area contributed by atoms with Crippen LogP contribution in [0.15, 0.2) is 36.4 Å². The van der Waals surface area contributed by atoms with Crippen molar-refractivity contribution in [2.75, 3.05) is 19.1 Å². The van der Waals surface area contributed by atoms with E-state index in [0.29, 0.717) is 6.04 Å². The van der Waals surface area contributed by atoms with E-state index in [1.165, 1.54) is 12.8 Å². The summed E-state index contributed by atoms with van der Waals surface area (Å²) in [4.78, 5) is 1.99. The maximum Gasteiger partial charge on any atom is 0.155 e. The van der Waals surface area contributed by atoms with Gasteiger partial charge in [-0.2, -0.15) is 5.10 Å². The van der Waals surface area contributed by atoms with Crippen molar-refractivity contribution in [3.63, 3.8) is 0 Å². The van der Waals surface area contributed by atoms with E-state index in [1.54, 1.807) is 7.11 Å². The minimum atomic E-state index is 0.686. The van der Waals surface area contributed by atoms with Crippen molar-refractivity contribution in [1.29, 1.82) is 0 Å². The number of benzene rings is 1. The maximum absolute atomic E-state index is 5.25. The smallest absolute Gasteiger partial charge is 0.155 e. The molecule has 1 saturated carbocycles. The standard InChI is InChI=1S/C16H20N4O/c1-20(14-4-3-5-15(10-14)21-2)16-9-8-13(18-19-16)11-17-12-6-7-12/h3-5,8-10,12,17H,6-7,11H2,1-2H3. The van der Waals surface area contributed by atoms with Crippen LogP contribution in [0.25, 0.3) is 0 Å². The van der Waals surface area contributed by atoms with E-state index in [9.17, 15) is 0 Å². The van der Waals surface area contributed by atoms with Crippen LogP contribution in [0.5, 0.6) is 5.75 Å². The third kappa shape index (κ3) is 3.49. The number of aromatic nitrogens is 2. The van der Waals surface area contributed by atoms with Crippen molar-refractivity contribution < 1.29 is 4.74 Å². The molecule has 0 spiro atoms.